The minimum absolute atomic E-state index is 0.115. The number of benzene rings is 1. The number of fused-ring (bicyclic) bond motifs is 1. The van der Waals surface area contributed by atoms with E-state index in [1.165, 1.54) is 25.7 Å². The van der Waals surface area contributed by atoms with Gasteiger partial charge in [0.2, 0.25) is 11.8 Å². The van der Waals surface area contributed by atoms with Crippen LogP contribution in [0.5, 0.6) is 0 Å². The summed E-state index contributed by atoms with van der Waals surface area (Å²) in [5, 5.41) is 5.51. The summed E-state index contributed by atoms with van der Waals surface area (Å²) in [4.78, 5) is 49.9. The lowest BCUT2D eigenvalue weighted by Crippen LogP contribution is -2.54. The molecule has 0 aliphatic carbocycles. The van der Waals surface area contributed by atoms with Crippen molar-refractivity contribution in [2.75, 3.05) is 18.4 Å². The van der Waals surface area contributed by atoms with Gasteiger partial charge in [0.1, 0.15) is 6.04 Å². The van der Waals surface area contributed by atoms with Crippen LogP contribution in [0.15, 0.2) is 18.2 Å². The lowest BCUT2D eigenvalue weighted by Gasteiger charge is -2.27. The number of rotatable bonds is 11. The second-order valence-corrected chi connectivity index (χ2v) is 7.90. The van der Waals surface area contributed by atoms with Crippen LogP contribution >= 0.6 is 0 Å². The molecule has 2 aliphatic heterocycles. The van der Waals surface area contributed by atoms with Crippen molar-refractivity contribution in [3.8, 4) is 0 Å². The molecule has 162 valence electrons. The molecule has 1 atom stereocenters. The van der Waals surface area contributed by atoms with Gasteiger partial charge in [-0.25, -0.2) is 0 Å². The van der Waals surface area contributed by atoms with Crippen molar-refractivity contribution in [2.24, 2.45) is 5.73 Å². The van der Waals surface area contributed by atoms with Crippen LogP contribution in [-0.4, -0.2) is 47.7 Å². The van der Waals surface area contributed by atoms with E-state index in [1.54, 1.807) is 18.2 Å². The average Bonchev–Trinajstić information content (AvgIpc) is 2.97. The van der Waals surface area contributed by atoms with Gasteiger partial charge in [0.15, 0.2) is 0 Å². The molecule has 4 N–H and O–H groups in total. The largest absolute Gasteiger partial charge is 0.385 e. The lowest BCUT2D eigenvalue weighted by molar-refractivity contribution is -0.136. The highest BCUT2D eigenvalue weighted by atomic mass is 16.2. The monoisotopic (exact) mass is 414 g/mol. The van der Waals surface area contributed by atoms with E-state index in [2.05, 4.69) is 10.6 Å². The first-order valence-corrected chi connectivity index (χ1v) is 10.8. The van der Waals surface area contributed by atoms with E-state index in [9.17, 15) is 19.2 Å². The Morgan fingerprint density at radius 1 is 0.933 bits per heavy atom. The van der Waals surface area contributed by atoms with Crippen LogP contribution in [0.2, 0.25) is 0 Å². The van der Waals surface area contributed by atoms with Crippen molar-refractivity contribution in [1.82, 2.24) is 10.2 Å². The molecule has 1 fully saturated rings. The number of nitrogens with zero attached hydrogens (tertiary/aromatic N) is 1. The first-order valence-electron chi connectivity index (χ1n) is 10.8. The fourth-order valence-corrected chi connectivity index (χ4v) is 3.97. The maximum atomic E-state index is 12.8. The zero-order chi connectivity index (χ0) is 21.5. The van der Waals surface area contributed by atoms with Gasteiger partial charge < -0.3 is 11.1 Å². The van der Waals surface area contributed by atoms with Crippen LogP contribution < -0.4 is 16.4 Å². The summed E-state index contributed by atoms with van der Waals surface area (Å²) >= 11 is 0. The molecule has 3 rings (SSSR count). The first-order chi connectivity index (χ1) is 14.5. The standard InChI is InChI=1S/C22H30N4O4/c23-12-6-4-2-1-3-5-7-13-24-15-8-9-16-17(14-15)22(30)26(21(16)29)18-10-11-19(27)25-20(18)28/h8-9,14,18,24H,1-7,10-13,23H2,(H,25,27,28). The molecule has 0 spiro atoms. The Labute approximate surface area is 176 Å². The van der Waals surface area contributed by atoms with Crippen molar-refractivity contribution in [2.45, 2.75) is 63.8 Å². The molecule has 8 heteroatoms. The molecular weight excluding hydrogens is 384 g/mol. The van der Waals surface area contributed by atoms with Crippen LogP contribution in [-0.2, 0) is 9.59 Å². The molecule has 2 aliphatic rings. The molecule has 1 saturated heterocycles. The third-order valence-corrected chi connectivity index (χ3v) is 5.65. The molecule has 1 aromatic rings. The number of amides is 4. The molecule has 1 aromatic carbocycles. The van der Waals surface area contributed by atoms with Crippen LogP contribution in [0.3, 0.4) is 0 Å². The van der Waals surface area contributed by atoms with Gasteiger partial charge in [-0.1, -0.05) is 32.1 Å². The van der Waals surface area contributed by atoms with E-state index in [1.807, 2.05) is 0 Å². The van der Waals surface area contributed by atoms with Crippen LogP contribution in [0.1, 0.15) is 78.5 Å². The van der Waals surface area contributed by atoms with Gasteiger partial charge in [0.25, 0.3) is 11.8 Å². The average molecular weight is 415 g/mol. The maximum absolute atomic E-state index is 12.8. The van der Waals surface area contributed by atoms with E-state index in [-0.39, 0.29) is 18.7 Å². The highest BCUT2D eigenvalue weighted by Gasteiger charge is 2.44. The van der Waals surface area contributed by atoms with E-state index < -0.39 is 23.8 Å². The molecule has 0 radical (unpaired) electrons. The number of hydrogen-bond donors (Lipinski definition) is 3. The third kappa shape index (κ3) is 5.05. The Bertz CT molecular complexity index is 823. The van der Waals surface area contributed by atoms with Crippen LogP contribution in [0.25, 0.3) is 0 Å². The fourth-order valence-electron chi connectivity index (χ4n) is 3.97. The molecule has 4 amide bonds. The summed E-state index contributed by atoms with van der Waals surface area (Å²) in [5.41, 5.74) is 6.87. The predicted octanol–water partition coefficient (Wildman–Crippen LogP) is 2.19. The van der Waals surface area contributed by atoms with Crippen molar-refractivity contribution in [3.63, 3.8) is 0 Å². The minimum Gasteiger partial charge on any atom is -0.385 e. The molecule has 2 heterocycles. The van der Waals surface area contributed by atoms with Gasteiger partial charge in [0.05, 0.1) is 11.1 Å². The smallest absolute Gasteiger partial charge is 0.262 e. The number of nitrogens with two attached hydrogens (primary N) is 1. The number of unbranched alkanes of at least 4 members (excludes halogenated alkanes) is 6. The Kier molecular flexibility index (Phi) is 7.57. The van der Waals surface area contributed by atoms with E-state index in [0.717, 1.165) is 42.9 Å². The highest BCUT2D eigenvalue weighted by Crippen LogP contribution is 2.29. The molecular formula is C22H30N4O4. The summed E-state index contributed by atoms with van der Waals surface area (Å²) in [6.07, 6.45) is 8.40. The summed E-state index contributed by atoms with van der Waals surface area (Å²) in [5.74, 6) is -1.94. The maximum Gasteiger partial charge on any atom is 0.262 e. The zero-order valence-electron chi connectivity index (χ0n) is 17.2. The van der Waals surface area contributed by atoms with Crippen molar-refractivity contribution >= 4 is 29.3 Å². The fraction of sp³-hybridized carbons (Fsp3) is 0.545. The van der Waals surface area contributed by atoms with Gasteiger partial charge in [-0.15, -0.1) is 0 Å². The molecule has 8 nitrogen and oxygen atoms in total. The number of hydrogen-bond acceptors (Lipinski definition) is 6. The van der Waals surface area contributed by atoms with Crippen molar-refractivity contribution in [3.05, 3.63) is 29.3 Å². The van der Waals surface area contributed by atoms with Gasteiger partial charge in [-0.2, -0.15) is 0 Å². The van der Waals surface area contributed by atoms with Gasteiger partial charge in [-0.3, -0.25) is 29.4 Å². The summed E-state index contributed by atoms with van der Waals surface area (Å²) in [7, 11) is 0. The van der Waals surface area contributed by atoms with Crippen molar-refractivity contribution in [1.29, 1.82) is 0 Å². The molecule has 1 unspecified atom stereocenters. The van der Waals surface area contributed by atoms with E-state index in [4.69, 9.17) is 5.73 Å². The highest BCUT2D eigenvalue weighted by molar-refractivity contribution is 6.23. The Hall–Kier alpha value is -2.74. The first kappa shape index (κ1) is 22.0. The van der Waals surface area contributed by atoms with Gasteiger partial charge in [-0.05, 0) is 44.0 Å². The predicted molar refractivity (Wildman–Crippen MR) is 113 cm³/mol. The van der Waals surface area contributed by atoms with Crippen LogP contribution in [0.4, 0.5) is 5.69 Å². The Balaban J connectivity index is 1.50. The number of piperidine rings is 1. The van der Waals surface area contributed by atoms with Crippen LogP contribution in [0, 0.1) is 0 Å². The summed E-state index contributed by atoms with van der Waals surface area (Å²) < 4.78 is 0. The SMILES string of the molecule is NCCCCCCCCCNc1ccc2c(c1)C(=O)N(C1CCC(=O)NC1=O)C2=O. The zero-order valence-corrected chi connectivity index (χ0v) is 17.2. The molecule has 0 saturated carbocycles. The lowest BCUT2D eigenvalue weighted by atomic mass is 10.0. The third-order valence-electron chi connectivity index (χ3n) is 5.65. The second-order valence-electron chi connectivity index (χ2n) is 7.90. The number of nitrogens with one attached hydrogen (secondary N) is 2. The normalized spacial score (nSPS) is 18.6. The Morgan fingerprint density at radius 3 is 2.30 bits per heavy atom. The topological polar surface area (TPSA) is 122 Å². The van der Waals surface area contributed by atoms with Gasteiger partial charge in [0, 0.05) is 18.7 Å². The van der Waals surface area contributed by atoms with Crippen molar-refractivity contribution < 1.29 is 19.2 Å². The number of imide groups is 2. The Morgan fingerprint density at radius 2 is 1.60 bits per heavy atom. The molecule has 30 heavy (non-hydrogen) atoms. The van der Waals surface area contributed by atoms with Gasteiger partial charge >= 0.3 is 0 Å². The molecule has 0 bridgehead atoms. The number of carbonyl (C=O) groups is 4. The summed E-state index contributed by atoms with van der Waals surface area (Å²) in [6, 6.07) is 4.15. The minimum atomic E-state index is -0.934. The quantitative estimate of drug-likeness (QED) is 0.377. The number of carbonyl (C=O) groups excluding carboxylic acids is 4. The summed E-state index contributed by atoms with van der Waals surface area (Å²) in [6.45, 7) is 1.56. The number of anilines is 1. The van der Waals surface area contributed by atoms with E-state index >= 15 is 0 Å². The second kappa shape index (κ2) is 10.3. The van der Waals surface area contributed by atoms with E-state index in [0.29, 0.717) is 11.1 Å². The molecule has 0 aromatic heterocycles.